The topological polar surface area (TPSA) is 91.0 Å². The Hall–Kier alpha value is -1.68. The average Bonchev–Trinajstić information content (AvgIpc) is 2.64. The molecule has 1 heterocycles. The van der Waals surface area contributed by atoms with Crippen molar-refractivity contribution in [2.24, 2.45) is 0 Å². The lowest BCUT2D eigenvalue weighted by molar-refractivity contribution is -0.118. The summed E-state index contributed by atoms with van der Waals surface area (Å²) >= 11 is 0. The van der Waals surface area contributed by atoms with Gasteiger partial charge < -0.3 is 15.4 Å². The van der Waals surface area contributed by atoms with Crippen LogP contribution in [0.3, 0.4) is 0 Å². The van der Waals surface area contributed by atoms with Gasteiger partial charge in [-0.3, -0.25) is 9.69 Å². The number of piperazine rings is 1. The van der Waals surface area contributed by atoms with Crippen molar-refractivity contribution >= 4 is 21.6 Å². The largest absolute Gasteiger partial charge is 0.495 e. The van der Waals surface area contributed by atoms with Crippen molar-refractivity contribution in [3.63, 3.8) is 0 Å². The molecule has 8 nitrogen and oxygen atoms in total. The average molecular weight is 399 g/mol. The number of hydrogen-bond donors (Lipinski definition) is 2. The number of sulfonamides is 1. The highest BCUT2D eigenvalue weighted by molar-refractivity contribution is 7.89. The Morgan fingerprint density at radius 1 is 1.37 bits per heavy atom. The van der Waals surface area contributed by atoms with E-state index in [1.54, 1.807) is 19.9 Å². The van der Waals surface area contributed by atoms with Gasteiger partial charge in [-0.15, -0.1) is 0 Å². The van der Waals surface area contributed by atoms with Crippen molar-refractivity contribution in [3.05, 3.63) is 18.2 Å². The number of carbonyl (C=O) groups is 1. The fourth-order valence-electron chi connectivity index (χ4n) is 3.15. The first-order valence-corrected chi connectivity index (χ1v) is 10.7. The molecule has 0 saturated carbocycles. The number of rotatable bonds is 8. The van der Waals surface area contributed by atoms with E-state index in [-0.39, 0.29) is 23.4 Å². The van der Waals surface area contributed by atoms with Crippen molar-refractivity contribution in [1.82, 2.24) is 14.5 Å². The molecule has 1 amide bonds. The maximum Gasteiger partial charge on any atom is 0.243 e. The summed E-state index contributed by atoms with van der Waals surface area (Å²) in [5.74, 6) is 0.231. The zero-order valence-electron chi connectivity index (χ0n) is 16.5. The fraction of sp³-hybridized carbons (Fsp3) is 0.611. The van der Waals surface area contributed by atoms with E-state index in [9.17, 15) is 13.2 Å². The summed E-state index contributed by atoms with van der Waals surface area (Å²) in [6.45, 7) is 9.15. The van der Waals surface area contributed by atoms with Gasteiger partial charge in [0.25, 0.3) is 0 Å². The van der Waals surface area contributed by atoms with Crippen LogP contribution in [-0.4, -0.2) is 76.0 Å². The van der Waals surface area contributed by atoms with Crippen molar-refractivity contribution in [2.45, 2.75) is 31.7 Å². The van der Waals surface area contributed by atoms with Crippen LogP contribution < -0.4 is 15.4 Å². The molecule has 9 heteroatoms. The number of nitrogens with zero attached hydrogens (tertiary/aromatic N) is 2. The Bertz CT molecular complexity index is 750. The van der Waals surface area contributed by atoms with E-state index in [0.717, 1.165) is 19.6 Å². The smallest absolute Gasteiger partial charge is 0.243 e. The van der Waals surface area contributed by atoms with Crippen LogP contribution in [0, 0.1) is 0 Å². The zero-order chi connectivity index (χ0) is 20.0. The number of nitrogens with one attached hydrogen (secondary N) is 2. The van der Waals surface area contributed by atoms with E-state index in [0.29, 0.717) is 24.5 Å². The molecule has 0 radical (unpaired) electrons. The lowest BCUT2D eigenvalue weighted by atomic mass is 10.2. The molecule has 1 aliphatic heterocycles. The molecule has 2 N–H and O–H groups in total. The number of carbonyl (C=O) groups excluding carboxylic acids is 1. The second kappa shape index (κ2) is 9.50. The van der Waals surface area contributed by atoms with Crippen molar-refractivity contribution < 1.29 is 17.9 Å². The standard InChI is InChI=1S/C18H30N4O4S/c1-5-22(6-2)27(24,25)15-7-8-17(26-4)16(11-15)20-18(23)13-21-10-9-19-12-14(21)3/h7-8,11,14,19H,5-6,9-10,12-13H2,1-4H3,(H,20,23)/t14-/m1/s1. The van der Waals surface area contributed by atoms with E-state index in [1.165, 1.54) is 23.5 Å². The molecule has 0 aliphatic carbocycles. The Labute approximate surface area is 161 Å². The van der Waals surface area contributed by atoms with Crippen LogP contribution in [-0.2, 0) is 14.8 Å². The SMILES string of the molecule is CCN(CC)S(=O)(=O)c1ccc(OC)c(NC(=O)CN2CCNC[C@H]2C)c1. The third-order valence-electron chi connectivity index (χ3n) is 4.77. The third-order valence-corrected chi connectivity index (χ3v) is 6.82. The maximum absolute atomic E-state index is 12.7. The van der Waals surface area contributed by atoms with Gasteiger partial charge in [0.15, 0.2) is 0 Å². The minimum absolute atomic E-state index is 0.137. The molecule has 0 bridgehead atoms. The van der Waals surface area contributed by atoms with Gasteiger partial charge in [0.2, 0.25) is 15.9 Å². The van der Waals surface area contributed by atoms with Gasteiger partial charge in [-0.2, -0.15) is 4.31 Å². The Kier molecular flexibility index (Phi) is 7.60. The molecule has 0 aromatic heterocycles. The monoisotopic (exact) mass is 398 g/mol. The lowest BCUT2D eigenvalue weighted by Gasteiger charge is -2.33. The molecule has 1 aromatic rings. The predicted octanol–water partition coefficient (Wildman–Crippen LogP) is 0.958. The minimum atomic E-state index is -3.61. The van der Waals surface area contributed by atoms with E-state index in [2.05, 4.69) is 22.5 Å². The first-order valence-electron chi connectivity index (χ1n) is 9.26. The molecule has 0 spiro atoms. The van der Waals surface area contributed by atoms with Gasteiger partial charge in [0.1, 0.15) is 5.75 Å². The normalized spacial score (nSPS) is 18.5. The summed E-state index contributed by atoms with van der Waals surface area (Å²) in [6, 6.07) is 4.80. The molecule has 152 valence electrons. The summed E-state index contributed by atoms with van der Waals surface area (Å²) in [5.41, 5.74) is 0.360. The van der Waals surface area contributed by atoms with Crippen LogP contribution in [0.5, 0.6) is 5.75 Å². The summed E-state index contributed by atoms with van der Waals surface area (Å²) in [4.78, 5) is 14.7. The third kappa shape index (κ3) is 5.19. The zero-order valence-corrected chi connectivity index (χ0v) is 17.3. The molecule has 1 aliphatic rings. The van der Waals surface area contributed by atoms with Crippen LogP contribution in [0.4, 0.5) is 5.69 Å². The van der Waals surface area contributed by atoms with Crippen LogP contribution in [0.25, 0.3) is 0 Å². The summed E-state index contributed by atoms with van der Waals surface area (Å²) in [7, 11) is -2.12. The van der Waals surface area contributed by atoms with Crippen LogP contribution in [0.2, 0.25) is 0 Å². The fourth-order valence-corrected chi connectivity index (χ4v) is 4.63. The molecule has 2 rings (SSSR count). The van der Waals surface area contributed by atoms with E-state index in [1.807, 2.05) is 0 Å². The van der Waals surface area contributed by atoms with Crippen molar-refractivity contribution in [2.75, 3.05) is 51.7 Å². The van der Waals surface area contributed by atoms with E-state index in [4.69, 9.17) is 4.74 Å². The Morgan fingerprint density at radius 2 is 2.07 bits per heavy atom. The molecule has 1 fully saturated rings. The lowest BCUT2D eigenvalue weighted by Crippen LogP contribution is -2.52. The highest BCUT2D eigenvalue weighted by Gasteiger charge is 2.24. The molecular formula is C18H30N4O4S. The molecule has 1 aromatic carbocycles. The number of ether oxygens (including phenoxy) is 1. The van der Waals surface area contributed by atoms with Gasteiger partial charge in [-0.25, -0.2) is 8.42 Å². The van der Waals surface area contributed by atoms with Gasteiger partial charge in [0, 0.05) is 38.8 Å². The van der Waals surface area contributed by atoms with Crippen LogP contribution in [0.15, 0.2) is 23.1 Å². The van der Waals surface area contributed by atoms with Crippen LogP contribution >= 0.6 is 0 Å². The molecule has 0 unspecified atom stereocenters. The highest BCUT2D eigenvalue weighted by Crippen LogP contribution is 2.29. The van der Waals surface area contributed by atoms with Gasteiger partial charge in [0.05, 0.1) is 24.2 Å². The van der Waals surface area contributed by atoms with E-state index >= 15 is 0 Å². The molecule has 1 saturated heterocycles. The summed E-state index contributed by atoms with van der Waals surface area (Å²) in [5, 5.41) is 6.09. The summed E-state index contributed by atoms with van der Waals surface area (Å²) in [6.07, 6.45) is 0. The number of anilines is 1. The molecule has 1 atom stereocenters. The molecular weight excluding hydrogens is 368 g/mol. The Morgan fingerprint density at radius 3 is 2.67 bits per heavy atom. The quantitative estimate of drug-likeness (QED) is 0.678. The van der Waals surface area contributed by atoms with Gasteiger partial charge in [-0.1, -0.05) is 13.8 Å². The number of methoxy groups -OCH3 is 1. The number of benzene rings is 1. The number of hydrogen-bond acceptors (Lipinski definition) is 6. The van der Waals surface area contributed by atoms with Crippen molar-refractivity contribution in [1.29, 1.82) is 0 Å². The minimum Gasteiger partial charge on any atom is -0.495 e. The second-order valence-corrected chi connectivity index (χ2v) is 8.46. The number of amides is 1. The van der Waals surface area contributed by atoms with Crippen molar-refractivity contribution in [3.8, 4) is 5.75 Å². The highest BCUT2D eigenvalue weighted by atomic mass is 32.2. The first-order chi connectivity index (χ1) is 12.8. The summed E-state index contributed by atoms with van der Waals surface area (Å²) < 4.78 is 32.2. The van der Waals surface area contributed by atoms with Gasteiger partial charge >= 0.3 is 0 Å². The predicted molar refractivity (Wildman–Crippen MR) is 106 cm³/mol. The van der Waals surface area contributed by atoms with Crippen LogP contribution in [0.1, 0.15) is 20.8 Å². The Balaban J connectivity index is 2.21. The van der Waals surface area contributed by atoms with Gasteiger partial charge in [-0.05, 0) is 25.1 Å². The molecule has 27 heavy (non-hydrogen) atoms. The first kappa shape index (κ1) is 21.6. The second-order valence-electron chi connectivity index (χ2n) is 6.52. The maximum atomic E-state index is 12.7. The van der Waals surface area contributed by atoms with E-state index < -0.39 is 10.0 Å².